The first kappa shape index (κ1) is 38.2. The number of hydrogen-bond acceptors (Lipinski definition) is 6. The van der Waals surface area contributed by atoms with E-state index in [9.17, 15) is 9.59 Å². The topological polar surface area (TPSA) is 71.1 Å². The van der Waals surface area contributed by atoms with Gasteiger partial charge in [-0.3, -0.25) is 9.59 Å². The van der Waals surface area contributed by atoms with Crippen molar-refractivity contribution in [3.63, 3.8) is 0 Å². The molecule has 0 heterocycles. The van der Waals surface area contributed by atoms with Gasteiger partial charge in [-0.15, -0.1) is 0 Å². The van der Waals surface area contributed by atoms with Gasteiger partial charge in [-0.2, -0.15) is 0 Å². The number of rotatable bonds is 22. The van der Waals surface area contributed by atoms with Crippen LogP contribution in [0.3, 0.4) is 0 Å². The fraction of sp³-hybridized carbons (Fsp3) is 0.610. The number of benzene rings is 3. The summed E-state index contributed by atoms with van der Waals surface area (Å²) < 4.78 is 24.9. The summed E-state index contributed by atoms with van der Waals surface area (Å²) in [6.07, 6.45) is 10.9. The van der Waals surface area contributed by atoms with Gasteiger partial charge in [0.2, 0.25) is 0 Å². The Hall–Kier alpha value is -3.28. The molecule has 0 aliphatic rings. The minimum absolute atomic E-state index is 0.0317. The molecular weight excluding hydrogens is 588 g/mol. The molecule has 3 rings (SSSR count). The van der Waals surface area contributed by atoms with Crippen LogP contribution in [0.4, 0.5) is 0 Å². The normalized spacial score (nSPS) is 13.0. The maximum absolute atomic E-state index is 12.6. The van der Waals surface area contributed by atoms with Crippen molar-refractivity contribution in [3.8, 4) is 11.5 Å². The second-order valence-corrected chi connectivity index (χ2v) is 13.5. The molecule has 6 heteroatoms. The van der Waals surface area contributed by atoms with Crippen LogP contribution < -0.4 is 9.47 Å². The number of carbonyl (C=O) groups excluding carboxylic acids is 2. The first-order valence-corrected chi connectivity index (χ1v) is 18.3. The number of esters is 2. The van der Waals surface area contributed by atoms with Gasteiger partial charge in [0.25, 0.3) is 0 Å². The quantitative estimate of drug-likeness (QED) is 0.0613. The van der Waals surface area contributed by atoms with Crippen molar-refractivity contribution in [2.24, 2.45) is 0 Å². The van der Waals surface area contributed by atoms with E-state index in [1.807, 2.05) is 26.0 Å². The molecule has 3 aromatic carbocycles. The lowest BCUT2D eigenvalue weighted by Gasteiger charge is -2.26. The molecular formula is C41H60O6. The van der Waals surface area contributed by atoms with E-state index in [0.29, 0.717) is 25.7 Å². The zero-order chi connectivity index (χ0) is 34.2. The molecule has 0 fully saturated rings. The van der Waals surface area contributed by atoms with Gasteiger partial charge in [0.1, 0.15) is 36.9 Å². The Morgan fingerprint density at radius 3 is 1.53 bits per heavy atom. The number of unbranched alkanes of at least 4 members (excludes halogenated alkanes) is 6. The molecule has 0 aliphatic heterocycles. The van der Waals surface area contributed by atoms with Crippen LogP contribution in [-0.4, -0.2) is 37.4 Å². The lowest BCUT2D eigenvalue weighted by Crippen LogP contribution is -2.25. The Morgan fingerprint density at radius 1 is 0.617 bits per heavy atom. The molecule has 2 atom stereocenters. The molecule has 0 aromatic heterocycles. The third kappa shape index (κ3) is 11.1. The molecule has 0 saturated carbocycles. The molecule has 260 valence electrons. The summed E-state index contributed by atoms with van der Waals surface area (Å²) in [5.74, 6) is 1.20. The highest BCUT2D eigenvalue weighted by Crippen LogP contribution is 2.44. The van der Waals surface area contributed by atoms with Crippen LogP contribution in [0.25, 0.3) is 21.5 Å². The Labute approximate surface area is 283 Å². The van der Waals surface area contributed by atoms with Crippen LogP contribution in [0.1, 0.15) is 138 Å². The summed E-state index contributed by atoms with van der Waals surface area (Å²) in [4.78, 5) is 25.2. The number of ether oxygens (including phenoxy) is 4. The molecule has 0 N–H and O–H groups in total. The SMILES string of the molecule is CCCCCCC(=O)OC(CC)COc1c2ccccc2c(OCC(CC)OC(=O)CCCCCC)c2cc(C(C)(C)CC)ccc12. The van der Waals surface area contributed by atoms with E-state index < -0.39 is 0 Å². The maximum atomic E-state index is 12.6. The van der Waals surface area contributed by atoms with Crippen molar-refractivity contribution in [2.45, 2.75) is 150 Å². The second-order valence-electron chi connectivity index (χ2n) is 13.5. The van der Waals surface area contributed by atoms with E-state index in [1.54, 1.807) is 0 Å². The predicted octanol–water partition coefficient (Wildman–Crippen LogP) is 11.0. The average molecular weight is 649 g/mol. The number of carbonyl (C=O) groups is 2. The summed E-state index contributed by atoms with van der Waals surface area (Å²) in [5, 5.41) is 3.76. The highest BCUT2D eigenvalue weighted by Gasteiger charge is 2.24. The van der Waals surface area contributed by atoms with E-state index in [0.717, 1.165) is 90.8 Å². The van der Waals surface area contributed by atoms with E-state index >= 15 is 0 Å². The lowest BCUT2D eigenvalue weighted by atomic mass is 9.81. The molecule has 0 aliphatic carbocycles. The standard InChI is InChI=1S/C41H60O6/c1-8-13-15-17-23-37(42)46-31(10-3)28-44-39-33-21-19-20-22-34(33)40(36-27-30(25-26-35(36)39)41(6,7)12-5)45-29-32(11-4)47-38(43)24-18-16-14-9-2/h19-22,25-27,31-32H,8-18,23-24,28-29H2,1-7H3. The molecule has 0 spiro atoms. The lowest BCUT2D eigenvalue weighted by molar-refractivity contribution is -0.151. The molecule has 0 amide bonds. The summed E-state index contributed by atoms with van der Waals surface area (Å²) in [6, 6.07) is 14.7. The highest BCUT2D eigenvalue weighted by atomic mass is 16.6. The summed E-state index contributed by atoms with van der Waals surface area (Å²) in [5.41, 5.74) is 1.18. The average Bonchev–Trinajstić information content (AvgIpc) is 3.08. The molecule has 47 heavy (non-hydrogen) atoms. The zero-order valence-electron chi connectivity index (χ0n) is 30.3. The third-order valence-corrected chi connectivity index (χ3v) is 9.39. The molecule has 0 radical (unpaired) electrons. The van der Waals surface area contributed by atoms with Crippen molar-refractivity contribution < 1.29 is 28.5 Å². The Morgan fingerprint density at radius 2 is 1.09 bits per heavy atom. The monoisotopic (exact) mass is 648 g/mol. The van der Waals surface area contributed by atoms with Gasteiger partial charge in [0, 0.05) is 34.4 Å². The van der Waals surface area contributed by atoms with E-state index in [-0.39, 0.29) is 42.8 Å². The van der Waals surface area contributed by atoms with Gasteiger partial charge >= 0.3 is 11.9 Å². The first-order valence-electron chi connectivity index (χ1n) is 18.3. The van der Waals surface area contributed by atoms with Gasteiger partial charge < -0.3 is 18.9 Å². The van der Waals surface area contributed by atoms with Crippen LogP contribution in [0.5, 0.6) is 11.5 Å². The van der Waals surface area contributed by atoms with Crippen molar-refractivity contribution in [2.75, 3.05) is 13.2 Å². The van der Waals surface area contributed by atoms with Crippen LogP contribution in [0, 0.1) is 0 Å². The van der Waals surface area contributed by atoms with Crippen LogP contribution in [0.15, 0.2) is 42.5 Å². The third-order valence-electron chi connectivity index (χ3n) is 9.39. The summed E-state index contributed by atoms with van der Waals surface area (Å²) in [7, 11) is 0. The highest BCUT2D eigenvalue weighted by molar-refractivity contribution is 6.11. The van der Waals surface area contributed by atoms with Gasteiger partial charge in [-0.1, -0.05) is 123 Å². The smallest absolute Gasteiger partial charge is 0.306 e. The predicted molar refractivity (Wildman–Crippen MR) is 194 cm³/mol. The zero-order valence-corrected chi connectivity index (χ0v) is 30.3. The van der Waals surface area contributed by atoms with Crippen molar-refractivity contribution >= 4 is 33.5 Å². The van der Waals surface area contributed by atoms with E-state index in [4.69, 9.17) is 18.9 Å². The van der Waals surface area contributed by atoms with E-state index in [1.165, 1.54) is 5.56 Å². The van der Waals surface area contributed by atoms with Gasteiger partial charge in [-0.05, 0) is 49.1 Å². The molecule has 6 nitrogen and oxygen atoms in total. The Kier molecular flexibility index (Phi) is 15.9. The summed E-state index contributed by atoms with van der Waals surface area (Å²) in [6.45, 7) is 15.6. The molecule has 3 aromatic rings. The second kappa shape index (κ2) is 19.5. The van der Waals surface area contributed by atoms with Crippen molar-refractivity contribution in [1.82, 2.24) is 0 Å². The molecule has 2 unspecified atom stereocenters. The fourth-order valence-electron chi connectivity index (χ4n) is 5.74. The van der Waals surface area contributed by atoms with Crippen LogP contribution >= 0.6 is 0 Å². The van der Waals surface area contributed by atoms with Crippen LogP contribution in [0.2, 0.25) is 0 Å². The summed E-state index contributed by atoms with van der Waals surface area (Å²) >= 11 is 0. The van der Waals surface area contributed by atoms with Gasteiger partial charge in [-0.25, -0.2) is 0 Å². The van der Waals surface area contributed by atoms with Gasteiger partial charge in [0.15, 0.2) is 0 Å². The maximum Gasteiger partial charge on any atom is 0.306 e. The molecule has 0 bridgehead atoms. The minimum Gasteiger partial charge on any atom is -0.488 e. The number of fused-ring (bicyclic) bond motifs is 2. The first-order chi connectivity index (χ1) is 22.7. The minimum atomic E-state index is -0.337. The van der Waals surface area contributed by atoms with Crippen molar-refractivity contribution in [3.05, 3.63) is 48.0 Å². The Bertz CT molecular complexity index is 1410. The van der Waals surface area contributed by atoms with Crippen LogP contribution in [-0.2, 0) is 24.5 Å². The van der Waals surface area contributed by atoms with Gasteiger partial charge in [0.05, 0.1) is 0 Å². The fourth-order valence-corrected chi connectivity index (χ4v) is 5.74. The van der Waals surface area contributed by atoms with E-state index in [2.05, 4.69) is 65.0 Å². The Balaban J connectivity index is 1.94. The largest absolute Gasteiger partial charge is 0.488 e. The number of hydrogen-bond donors (Lipinski definition) is 0. The van der Waals surface area contributed by atoms with Crippen molar-refractivity contribution in [1.29, 1.82) is 0 Å². The molecule has 0 saturated heterocycles.